The summed E-state index contributed by atoms with van der Waals surface area (Å²) in [4.78, 5) is 4.15. The maximum absolute atomic E-state index is 5.69. The standard InChI is InChI=1S/C12H23N3O/c1-10(2)9-15-12(13)14-7-6-11-5-3-4-8-16-11/h11H,1,3-9H2,2H3,(H3,13,14,15). The second kappa shape index (κ2) is 7.28. The maximum atomic E-state index is 5.69. The Kier molecular flexibility index (Phi) is 5.93. The van der Waals surface area contributed by atoms with E-state index >= 15 is 0 Å². The zero-order chi connectivity index (χ0) is 11.8. The first-order chi connectivity index (χ1) is 7.68. The van der Waals surface area contributed by atoms with Crippen LogP contribution < -0.4 is 11.1 Å². The van der Waals surface area contributed by atoms with Gasteiger partial charge in [0.15, 0.2) is 5.96 Å². The van der Waals surface area contributed by atoms with Gasteiger partial charge in [-0.2, -0.15) is 0 Å². The van der Waals surface area contributed by atoms with Gasteiger partial charge in [0, 0.05) is 13.2 Å². The first kappa shape index (κ1) is 13.0. The third kappa shape index (κ3) is 5.75. The molecule has 1 rings (SSSR count). The Labute approximate surface area is 98.0 Å². The van der Waals surface area contributed by atoms with Crippen LogP contribution in [0.4, 0.5) is 0 Å². The number of nitrogens with one attached hydrogen (secondary N) is 1. The van der Waals surface area contributed by atoms with Crippen molar-refractivity contribution in [3.8, 4) is 0 Å². The molecule has 0 spiro atoms. The van der Waals surface area contributed by atoms with E-state index in [1.54, 1.807) is 0 Å². The molecule has 3 N–H and O–H groups in total. The summed E-state index contributed by atoms with van der Waals surface area (Å²) in [5.74, 6) is 0.499. The van der Waals surface area contributed by atoms with Crippen LogP contribution in [0.1, 0.15) is 32.6 Å². The van der Waals surface area contributed by atoms with Crippen molar-refractivity contribution >= 4 is 5.96 Å². The van der Waals surface area contributed by atoms with Crippen molar-refractivity contribution in [2.24, 2.45) is 10.7 Å². The van der Waals surface area contributed by atoms with Crippen molar-refractivity contribution in [3.05, 3.63) is 12.2 Å². The summed E-state index contributed by atoms with van der Waals surface area (Å²) in [5, 5.41) is 3.09. The molecule has 1 unspecified atom stereocenters. The summed E-state index contributed by atoms with van der Waals surface area (Å²) in [5.41, 5.74) is 6.71. The summed E-state index contributed by atoms with van der Waals surface area (Å²) in [7, 11) is 0. The van der Waals surface area contributed by atoms with Crippen LogP contribution in [0.25, 0.3) is 0 Å². The van der Waals surface area contributed by atoms with E-state index in [4.69, 9.17) is 10.5 Å². The van der Waals surface area contributed by atoms with Crippen LogP contribution in [0, 0.1) is 0 Å². The van der Waals surface area contributed by atoms with Gasteiger partial charge in [0.1, 0.15) is 0 Å². The van der Waals surface area contributed by atoms with Crippen molar-refractivity contribution in [2.75, 3.05) is 19.7 Å². The van der Waals surface area contributed by atoms with Crippen molar-refractivity contribution in [1.29, 1.82) is 0 Å². The lowest BCUT2D eigenvalue weighted by molar-refractivity contribution is 0.0122. The van der Waals surface area contributed by atoms with Gasteiger partial charge in [-0.25, -0.2) is 4.99 Å². The highest BCUT2D eigenvalue weighted by atomic mass is 16.5. The van der Waals surface area contributed by atoms with Gasteiger partial charge in [-0.15, -0.1) is 0 Å². The number of hydrogen-bond acceptors (Lipinski definition) is 2. The molecule has 1 heterocycles. The average Bonchev–Trinajstić information content (AvgIpc) is 2.28. The summed E-state index contributed by atoms with van der Waals surface area (Å²) < 4.78 is 5.62. The number of nitrogens with two attached hydrogens (primary N) is 1. The van der Waals surface area contributed by atoms with Crippen molar-refractivity contribution in [3.63, 3.8) is 0 Å². The largest absolute Gasteiger partial charge is 0.378 e. The molecular weight excluding hydrogens is 202 g/mol. The van der Waals surface area contributed by atoms with Gasteiger partial charge in [-0.1, -0.05) is 12.2 Å². The maximum Gasteiger partial charge on any atom is 0.188 e. The Morgan fingerprint density at radius 1 is 1.56 bits per heavy atom. The molecule has 16 heavy (non-hydrogen) atoms. The fourth-order valence-electron chi connectivity index (χ4n) is 1.67. The molecule has 1 atom stereocenters. The summed E-state index contributed by atoms with van der Waals surface area (Å²) in [6.07, 6.45) is 5.05. The van der Waals surface area contributed by atoms with Gasteiger partial charge < -0.3 is 15.8 Å². The van der Waals surface area contributed by atoms with Crippen LogP contribution in [-0.2, 0) is 4.74 Å². The second-order valence-electron chi connectivity index (χ2n) is 4.36. The van der Waals surface area contributed by atoms with Crippen LogP contribution in [0.15, 0.2) is 17.1 Å². The summed E-state index contributed by atoms with van der Waals surface area (Å²) >= 11 is 0. The number of hydrogen-bond donors (Lipinski definition) is 2. The number of aliphatic imine (C=N–C) groups is 1. The van der Waals surface area contributed by atoms with Gasteiger partial charge in [0.25, 0.3) is 0 Å². The van der Waals surface area contributed by atoms with E-state index in [9.17, 15) is 0 Å². The van der Waals surface area contributed by atoms with E-state index in [1.807, 2.05) is 6.92 Å². The third-order valence-corrected chi connectivity index (χ3v) is 2.57. The molecule has 4 nitrogen and oxygen atoms in total. The average molecular weight is 225 g/mol. The van der Waals surface area contributed by atoms with Gasteiger partial charge in [-0.3, -0.25) is 0 Å². The molecule has 1 aliphatic heterocycles. The Morgan fingerprint density at radius 3 is 3.00 bits per heavy atom. The molecule has 0 aromatic carbocycles. The first-order valence-corrected chi connectivity index (χ1v) is 5.98. The SMILES string of the molecule is C=C(C)CN=C(N)NCCC1CCCCO1. The van der Waals surface area contributed by atoms with Crippen LogP contribution in [0.2, 0.25) is 0 Å². The Hall–Kier alpha value is -1.03. The number of nitrogens with zero attached hydrogens (tertiary/aromatic N) is 1. The Bertz CT molecular complexity index is 245. The molecule has 0 amide bonds. The molecule has 0 bridgehead atoms. The zero-order valence-corrected chi connectivity index (χ0v) is 10.2. The fourth-order valence-corrected chi connectivity index (χ4v) is 1.67. The smallest absolute Gasteiger partial charge is 0.188 e. The zero-order valence-electron chi connectivity index (χ0n) is 10.2. The van der Waals surface area contributed by atoms with Crippen molar-refractivity contribution in [2.45, 2.75) is 38.7 Å². The predicted molar refractivity (Wildman–Crippen MR) is 67.5 cm³/mol. The van der Waals surface area contributed by atoms with E-state index < -0.39 is 0 Å². The molecule has 1 saturated heterocycles. The lowest BCUT2D eigenvalue weighted by Gasteiger charge is -2.22. The number of rotatable bonds is 5. The van der Waals surface area contributed by atoms with E-state index in [2.05, 4.69) is 16.9 Å². The molecule has 4 heteroatoms. The highest BCUT2D eigenvalue weighted by Crippen LogP contribution is 2.14. The van der Waals surface area contributed by atoms with Gasteiger partial charge in [0.05, 0.1) is 12.6 Å². The molecule has 0 saturated carbocycles. The van der Waals surface area contributed by atoms with Gasteiger partial charge in [0.2, 0.25) is 0 Å². The molecule has 92 valence electrons. The van der Waals surface area contributed by atoms with Gasteiger partial charge in [-0.05, 0) is 32.6 Å². The molecule has 0 radical (unpaired) electrons. The highest BCUT2D eigenvalue weighted by molar-refractivity contribution is 5.77. The highest BCUT2D eigenvalue weighted by Gasteiger charge is 2.12. The van der Waals surface area contributed by atoms with E-state index in [0.29, 0.717) is 18.6 Å². The van der Waals surface area contributed by atoms with E-state index in [0.717, 1.165) is 25.1 Å². The lowest BCUT2D eigenvalue weighted by Crippen LogP contribution is -2.35. The molecule has 0 aromatic rings. The van der Waals surface area contributed by atoms with E-state index in [1.165, 1.54) is 19.3 Å². The van der Waals surface area contributed by atoms with Crippen molar-refractivity contribution < 1.29 is 4.74 Å². The summed E-state index contributed by atoms with van der Waals surface area (Å²) in [6.45, 7) is 8.04. The number of ether oxygens (including phenoxy) is 1. The van der Waals surface area contributed by atoms with Crippen LogP contribution in [-0.4, -0.2) is 31.8 Å². The minimum absolute atomic E-state index is 0.398. The van der Waals surface area contributed by atoms with E-state index in [-0.39, 0.29) is 0 Å². The topological polar surface area (TPSA) is 59.6 Å². The predicted octanol–water partition coefficient (Wildman–Crippen LogP) is 1.43. The lowest BCUT2D eigenvalue weighted by atomic mass is 10.1. The van der Waals surface area contributed by atoms with Gasteiger partial charge >= 0.3 is 0 Å². The molecule has 1 aliphatic rings. The third-order valence-electron chi connectivity index (χ3n) is 2.57. The Morgan fingerprint density at radius 2 is 2.38 bits per heavy atom. The Balaban J connectivity index is 2.09. The quantitative estimate of drug-likeness (QED) is 0.423. The first-order valence-electron chi connectivity index (χ1n) is 5.98. The normalized spacial score (nSPS) is 21.8. The fraction of sp³-hybridized carbons (Fsp3) is 0.750. The monoisotopic (exact) mass is 225 g/mol. The molecule has 0 aromatic heterocycles. The molecule has 0 aliphatic carbocycles. The van der Waals surface area contributed by atoms with Crippen LogP contribution in [0.3, 0.4) is 0 Å². The molecular formula is C12H23N3O. The number of guanidine groups is 1. The second-order valence-corrected chi connectivity index (χ2v) is 4.36. The minimum atomic E-state index is 0.398. The van der Waals surface area contributed by atoms with Crippen LogP contribution >= 0.6 is 0 Å². The minimum Gasteiger partial charge on any atom is -0.378 e. The molecule has 1 fully saturated rings. The van der Waals surface area contributed by atoms with Crippen LogP contribution in [0.5, 0.6) is 0 Å². The van der Waals surface area contributed by atoms with Crippen molar-refractivity contribution in [1.82, 2.24) is 5.32 Å². The summed E-state index contributed by atoms with van der Waals surface area (Å²) in [6, 6.07) is 0.